The number of aliphatic hydroxyl groups is 1. The smallest absolute Gasteiger partial charge is 0.308 e. The number of hydrogen-bond acceptors (Lipinski definition) is 6. The molecule has 0 amide bonds. The van der Waals surface area contributed by atoms with Crippen LogP contribution in [0.1, 0.15) is 201 Å². The number of carbonyl (C=O) groups is 2. The fourth-order valence-electron chi connectivity index (χ4n) is 7.57. The largest absolute Gasteiger partial charge is 0.465 e. The van der Waals surface area contributed by atoms with Gasteiger partial charge in [-0.05, 0) is 64.0 Å². The van der Waals surface area contributed by atoms with E-state index in [0.717, 1.165) is 90.3 Å². The molecule has 1 fully saturated rings. The maximum Gasteiger partial charge on any atom is 0.308 e. The molecule has 0 aromatic rings. The number of likely N-dealkylation sites (tertiary alicyclic amines) is 1. The van der Waals surface area contributed by atoms with Gasteiger partial charge in [0.1, 0.15) is 0 Å². The molecule has 1 aliphatic heterocycles. The molecule has 290 valence electrons. The van der Waals surface area contributed by atoms with Gasteiger partial charge in [0, 0.05) is 19.1 Å². The highest BCUT2D eigenvalue weighted by atomic mass is 16.5. The molecule has 0 spiro atoms. The number of carbonyl (C=O) groups excluding carboxylic acids is 2. The molecule has 1 saturated heterocycles. The van der Waals surface area contributed by atoms with Crippen molar-refractivity contribution >= 4 is 11.9 Å². The minimum Gasteiger partial charge on any atom is -0.465 e. The Morgan fingerprint density at radius 1 is 0.571 bits per heavy atom. The fourth-order valence-corrected chi connectivity index (χ4v) is 7.57. The Labute approximate surface area is 304 Å². The second-order valence-corrected chi connectivity index (χ2v) is 15.5. The molecule has 1 rings (SSSR count). The van der Waals surface area contributed by atoms with Gasteiger partial charge in [0.15, 0.2) is 0 Å². The van der Waals surface area contributed by atoms with Crippen LogP contribution in [0.15, 0.2) is 0 Å². The number of hydrogen-bond donors (Lipinski definition) is 1. The van der Waals surface area contributed by atoms with E-state index in [9.17, 15) is 14.7 Å². The lowest BCUT2D eigenvalue weighted by molar-refractivity contribution is -0.156. The van der Waals surface area contributed by atoms with Crippen molar-refractivity contribution in [1.82, 2.24) is 4.90 Å². The Morgan fingerprint density at radius 2 is 0.959 bits per heavy atom. The summed E-state index contributed by atoms with van der Waals surface area (Å²) in [4.78, 5) is 29.7. The van der Waals surface area contributed by atoms with Gasteiger partial charge in [-0.1, -0.05) is 156 Å². The summed E-state index contributed by atoms with van der Waals surface area (Å²) < 4.78 is 12.4. The van der Waals surface area contributed by atoms with E-state index in [1.54, 1.807) is 0 Å². The maximum atomic E-state index is 13.6. The van der Waals surface area contributed by atoms with Gasteiger partial charge in [-0.3, -0.25) is 9.59 Å². The molecule has 1 unspecified atom stereocenters. The van der Waals surface area contributed by atoms with Crippen LogP contribution in [0.25, 0.3) is 0 Å². The summed E-state index contributed by atoms with van der Waals surface area (Å²) in [5.74, 6) is 0.275. The van der Waals surface area contributed by atoms with Crippen molar-refractivity contribution in [1.29, 1.82) is 0 Å². The van der Waals surface area contributed by atoms with Crippen molar-refractivity contribution in [2.45, 2.75) is 201 Å². The van der Waals surface area contributed by atoms with Crippen molar-refractivity contribution < 1.29 is 24.2 Å². The normalized spacial score (nSPS) is 15.2. The number of unbranched alkanes of at least 4 members (excludes halogenated alkanes) is 17. The highest BCUT2D eigenvalue weighted by Crippen LogP contribution is 2.28. The van der Waals surface area contributed by atoms with Crippen molar-refractivity contribution in [2.75, 3.05) is 39.5 Å². The minimum atomic E-state index is -0.0304. The Balaban J connectivity index is 2.89. The van der Waals surface area contributed by atoms with Gasteiger partial charge in [0.25, 0.3) is 0 Å². The molecule has 0 aliphatic carbocycles. The third-order valence-electron chi connectivity index (χ3n) is 11.0. The Kier molecular flexibility index (Phi) is 30.7. The fraction of sp³-hybridized carbons (Fsp3) is 0.953. The molecular weight excluding hydrogens is 610 g/mol. The standard InChI is InChI=1S/C43H83NO5/c1-5-9-13-17-21-27-38(28-22-18-14-10-6-2)42(46)48-36-41(40-31-33-44(35-40)32-25-26-34-45)37-49-43(47)39(29-23-19-15-11-7-3)30-24-20-16-12-8-4/h38-41,45H,5-37H2,1-4H3. The van der Waals surface area contributed by atoms with Crippen LogP contribution in [0.2, 0.25) is 0 Å². The first kappa shape index (κ1) is 45.9. The van der Waals surface area contributed by atoms with Crippen molar-refractivity contribution in [2.24, 2.45) is 23.7 Å². The van der Waals surface area contributed by atoms with E-state index >= 15 is 0 Å². The Morgan fingerprint density at radius 3 is 1.33 bits per heavy atom. The van der Waals surface area contributed by atoms with Crippen LogP contribution in [0.4, 0.5) is 0 Å². The van der Waals surface area contributed by atoms with Crippen molar-refractivity contribution in [3.63, 3.8) is 0 Å². The SMILES string of the molecule is CCCCCCCC(CCCCCCC)C(=O)OCC(COC(=O)C(CCCCCCC)CCCCCCC)C1CCN(CCCCO)C1. The van der Waals surface area contributed by atoms with Gasteiger partial charge in [0.2, 0.25) is 0 Å². The van der Waals surface area contributed by atoms with Crippen molar-refractivity contribution in [3.05, 3.63) is 0 Å². The van der Waals surface area contributed by atoms with Gasteiger partial charge < -0.3 is 19.5 Å². The molecule has 0 aromatic heterocycles. The lowest BCUT2D eigenvalue weighted by Gasteiger charge is -2.26. The number of aliphatic hydroxyl groups excluding tert-OH is 1. The van der Waals surface area contributed by atoms with E-state index in [4.69, 9.17) is 9.47 Å². The maximum absolute atomic E-state index is 13.6. The number of nitrogens with zero attached hydrogens (tertiary/aromatic N) is 1. The first-order valence-electron chi connectivity index (χ1n) is 21.7. The van der Waals surface area contributed by atoms with Crippen LogP contribution in [-0.2, 0) is 19.1 Å². The summed E-state index contributed by atoms with van der Waals surface area (Å²) in [7, 11) is 0. The molecule has 0 saturated carbocycles. The van der Waals surface area contributed by atoms with Gasteiger partial charge in [-0.15, -0.1) is 0 Å². The quantitative estimate of drug-likeness (QED) is 0.0526. The third kappa shape index (κ3) is 23.9. The van der Waals surface area contributed by atoms with Crippen LogP contribution >= 0.6 is 0 Å². The molecular formula is C43H83NO5. The molecule has 49 heavy (non-hydrogen) atoms. The molecule has 6 heteroatoms. The molecule has 1 aliphatic rings. The second-order valence-electron chi connectivity index (χ2n) is 15.5. The van der Waals surface area contributed by atoms with Crippen molar-refractivity contribution in [3.8, 4) is 0 Å². The van der Waals surface area contributed by atoms with Gasteiger partial charge in [-0.25, -0.2) is 0 Å². The number of ether oxygens (including phenoxy) is 2. The summed E-state index contributed by atoms with van der Waals surface area (Å²) >= 11 is 0. The molecule has 0 aromatic carbocycles. The number of esters is 2. The van der Waals surface area contributed by atoms with Crippen LogP contribution < -0.4 is 0 Å². The number of rotatable bonds is 35. The summed E-state index contributed by atoms with van der Waals surface area (Å²) in [5.41, 5.74) is 0. The predicted octanol–water partition coefficient (Wildman–Crippen LogP) is 11.5. The van der Waals surface area contributed by atoms with Gasteiger partial charge in [0.05, 0.1) is 25.0 Å². The molecule has 1 atom stereocenters. The Hall–Kier alpha value is -1.14. The molecule has 6 nitrogen and oxygen atoms in total. The molecule has 0 bridgehead atoms. The summed E-state index contributed by atoms with van der Waals surface area (Å²) in [6, 6.07) is 0. The summed E-state index contributed by atoms with van der Waals surface area (Å²) in [6.07, 6.45) is 30.7. The van der Waals surface area contributed by atoms with Crippen LogP contribution in [0, 0.1) is 23.7 Å². The lowest BCUT2D eigenvalue weighted by Crippen LogP contribution is -2.32. The topological polar surface area (TPSA) is 76.1 Å². The highest BCUT2D eigenvalue weighted by Gasteiger charge is 2.33. The molecule has 0 radical (unpaired) electrons. The molecule has 1 N–H and O–H groups in total. The first-order valence-corrected chi connectivity index (χ1v) is 21.7. The highest BCUT2D eigenvalue weighted by molar-refractivity contribution is 5.73. The third-order valence-corrected chi connectivity index (χ3v) is 11.0. The van der Waals surface area contributed by atoms with Gasteiger partial charge in [-0.2, -0.15) is 0 Å². The van der Waals surface area contributed by atoms with E-state index in [1.807, 2.05) is 0 Å². The van der Waals surface area contributed by atoms with Gasteiger partial charge >= 0.3 is 11.9 Å². The van der Waals surface area contributed by atoms with Crippen LogP contribution in [0.3, 0.4) is 0 Å². The summed E-state index contributed by atoms with van der Waals surface area (Å²) in [5, 5.41) is 9.27. The Bertz CT molecular complexity index is 685. The summed E-state index contributed by atoms with van der Waals surface area (Å²) in [6.45, 7) is 12.9. The molecule has 1 heterocycles. The van der Waals surface area contributed by atoms with E-state index in [2.05, 4.69) is 32.6 Å². The zero-order valence-corrected chi connectivity index (χ0v) is 33.2. The zero-order valence-electron chi connectivity index (χ0n) is 33.2. The van der Waals surface area contributed by atoms with E-state index < -0.39 is 0 Å². The monoisotopic (exact) mass is 694 g/mol. The average molecular weight is 694 g/mol. The van der Waals surface area contributed by atoms with Crippen LogP contribution in [-0.4, -0.2) is 61.4 Å². The van der Waals surface area contributed by atoms with E-state index in [-0.39, 0.29) is 36.3 Å². The first-order chi connectivity index (χ1) is 24.0. The van der Waals surface area contributed by atoms with E-state index in [1.165, 1.54) is 103 Å². The second kappa shape index (κ2) is 32.7. The van der Waals surface area contributed by atoms with Crippen LogP contribution in [0.5, 0.6) is 0 Å². The predicted molar refractivity (Wildman–Crippen MR) is 207 cm³/mol. The van der Waals surface area contributed by atoms with E-state index in [0.29, 0.717) is 19.1 Å². The lowest BCUT2D eigenvalue weighted by atomic mass is 9.91. The average Bonchev–Trinajstić information content (AvgIpc) is 3.58. The minimum absolute atomic E-state index is 0.0187. The zero-order chi connectivity index (χ0) is 35.8.